The van der Waals surface area contributed by atoms with Crippen LogP contribution in [0.3, 0.4) is 0 Å². The second kappa shape index (κ2) is 9.57. The molecule has 148 valence electrons. The van der Waals surface area contributed by atoms with Gasteiger partial charge in [-0.05, 0) is 43.8 Å². The monoisotopic (exact) mass is 398 g/mol. The number of thiazole rings is 1. The van der Waals surface area contributed by atoms with Gasteiger partial charge < -0.3 is 14.2 Å². The van der Waals surface area contributed by atoms with Crippen LogP contribution >= 0.6 is 11.3 Å². The van der Waals surface area contributed by atoms with E-state index in [1.807, 2.05) is 37.3 Å². The van der Waals surface area contributed by atoms with E-state index < -0.39 is 0 Å². The van der Waals surface area contributed by atoms with Crippen LogP contribution in [-0.4, -0.2) is 37.8 Å². The Labute approximate surface area is 170 Å². The molecule has 0 N–H and O–H groups in total. The molecule has 6 heteroatoms. The minimum absolute atomic E-state index is 0.684. The molecular weight excluding hydrogens is 372 g/mol. The largest absolute Gasteiger partial charge is 0.494 e. The number of aromatic nitrogens is 1. The van der Waals surface area contributed by atoms with Gasteiger partial charge in [0.1, 0.15) is 10.8 Å². The highest BCUT2D eigenvalue weighted by Crippen LogP contribution is 2.39. The Balaban J connectivity index is 1.67. The molecule has 5 nitrogen and oxygen atoms in total. The summed E-state index contributed by atoms with van der Waals surface area (Å²) in [5, 5.41) is 3.03. The fourth-order valence-electron chi connectivity index (χ4n) is 3.06. The lowest BCUT2D eigenvalue weighted by Gasteiger charge is -2.15. The molecule has 1 aromatic heterocycles. The van der Waals surface area contributed by atoms with Crippen LogP contribution in [0.5, 0.6) is 17.2 Å². The maximum atomic E-state index is 5.54. The molecule has 0 saturated heterocycles. The lowest BCUT2D eigenvalue weighted by Crippen LogP contribution is -2.17. The minimum Gasteiger partial charge on any atom is -0.494 e. The molecule has 0 unspecified atom stereocenters. The van der Waals surface area contributed by atoms with E-state index in [9.17, 15) is 0 Å². The predicted octanol–water partition coefficient (Wildman–Crippen LogP) is 4.86. The van der Waals surface area contributed by atoms with Crippen molar-refractivity contribution in [1.29, 1.82) is 0 Å². The number of benzene rings is 2. The highest BCUT2D eigenvalue weighted by molar-refractivity contribution is 7.13. The smallest absolute Gasteiger partial charge is 0.170 e. The van der Waals surface area contributed by atoms with Crippen LogP contribution < -0.4 is 14.2 Å². The number of hydrogen-bond donors (Lipinski definition) is 0. The Morgan fingerprint density at radius 3 is 2.46 bits per heavy atom. The van der Waals surface area contributed by atoms with Gasteiger partial charge in [-0.1, -0.05) is 18.2 Å². The van der Waals surface area contributed by atoms with Crippen molar-refractivity contribution in [3.05, 3.63) is 59.1 Å². The zero-order valence-corrected chi connectivity index (χ0v) is 17.6. The summed E-state index contributed by atoms with van der Waals surface area (Å²) in [5.41, 5.74) is 3.24. The molecule has 3 rings (SSSR count). The molecule has 0 saturated carbocycles. The van der Waals surface area contributed by atoms with Crippen molar-refractivity contribution in [1.82, 2.24) is 9.88 Å². The summed E-state index contributed by atoms with van der Waals surface area (Å²) < 4.78 is 16.4. The summed E-state index contributed by atoms with van der Waals surface area (Å²) in [6.45, 7) is 4.30. The van der Waals surface area contributed by atoms with Crippen molar-refractivity contribution in [2.75, 3.05) is 27.9 Å². The lowest BCUT2D eigenvalue weighted by atomic mass is 10.2. The maximum absolute atomic E-state index is 5.54. The van der Waals surface area contributed by atoms with E-state index in [4.69, 9.17) is 19.2 Å². The molecule has 1 heterocycles. The van der Waals surface area contributed by atoms with Crippen molar-refractivity contribution < 1.29 is 14.2 Å². The van der Waals surface area contributed by atoms with E-state index in [1.54, 1.807) is 25.6 Å². The van der Waals surface area contributed by atoms with Crippen LogP contribution in [0.4, 0.5) is 0 Å². The Morgan fingerprint density at radius 1 is 1.00 bits per heavy atom. The van der Waals surface area contributed by atoms with Gasteiger partial charge in [0.2, 0.25) is 0 Å². The molecule has 2 aromatic carbocycles. The topological polar surface area (TPSA) is 43.8 Å². The highest BCUT2D eigenvalue weighted by atomic mass is 32.1. The first kappa shape index (κ1) is 20.2. The SMILES string of the molecule is CCOc1ccc(CN(C)Cc2csc(-c3cccc(OC)c3OC)n2)cc1. The maximum Gasteiger partial charge on any atom is 0.170 e. The third-order valence-electron chi connectivity index (χ3n) is 4.30. The third kappa shape index (κ3) is 4.82. The number of hydrogen-bond acceptors (Lipinski definition) is 6. The van der Waals surface area contributed by atoms with Crippen molar-refractivity contribution >= 4 is 11.3 Å². The molecular formula is C22H26N2O3S. The normalized spacial score (nSPS) is 10.9. The van der Waals surface area contributed by atoms with E-state index in [-0.39, 0.29) is 0 Å². The van der Waals surface area contributed by atoms with Gasteiger partial charge in [0.25, 0.3) is 0 Å². The summed E-state index contributed by atoms with van der Waals surface area (Å²) >= 11 is 1.62. The van der Waals surface area contributed by atoms with Gasteiger partial charge in [0.15, 0.2) is 11.5 Å². The Bertz CT molecular complexity index is 893. The number of ether oxygens (including phenoxy) is 3. The standard InChI is InChI=1S/C22H26N2O3S/c1-5-27-18-11-9-16(10-12-18)13-24(2)14-17-15-28-22(23-17)19-7-6-8-20(25-3)21(19)26-4/h6-12,15H,5,13-14H2,1-4H3. The molecule has 0 amide bonds. The van der Waals surface area contributed by atoms with Crippen LogP contribution in [0.1, 0.15) is 18.2 Å². The van der Waals surface area contributed by atoms with Crippen molar-refractivity contribution in [3.63, 3.8) is 0 Å². The van der Waals surface area contributed by atoms with Crippen molar-refractivity contribution in [3.8, 4) is 27.8 Å². The predicted molar refractivity (Wildman–Crippen MR) is 113 cm³/mol. The second-order valence-corrected chi connectivity index (χ2v) is 7.29. The summed E-state index contributed by atoms with van der Waals surface area (Å²) in [7, 11) is 5.40. The van der Waals surface area contributed by atoms with E-state index in [2.05, 4.69) is 29.5 Å². The van der Waals surface area contributed by atoms with Gasteiger partial charge in [-0.25, -0.2) is 4.98 Å². The summed E-state index contributed by atoms with van der Waals surface area (Å²) in [5.74, 6) is 2.34. The average Bonchev–Trinajstić information content (AvgIpc) is 3.17. The zero-order chi connectivity index (χ0) is 19.9. The first-order valence-corrected chi connectivity index (χ1v) is 10.1. The quantitative estimate of drug-likeness (QED) is 0.515. The Morgan fingerprint density at radius 2 is 1.79 bits per heavy atom. The Hall–Kier alpha value is -2.57. The fourth-order valence-corrected chi connectivity index (χ4v) is 3.89. The van der Waals surface area contributed by atoms with Crippen LogP contribution in [0.2, 0.25) is 0 Å². The first-order valence-electron chi connectivity index (χ1n) is 9.20. The van der Waals surface area contributed by atoms with E-state index >= 15 is 0 Å². The van der Waals surface area contributed by atoms with Gasteiger partial charge in [-0.15, -0.1) is 11.3 Å². The third-order valence-corrected chi connectivity index (χ3v) is 5.23. The lowest BCUT2D eigenvalue weighted by molar-refractivity contribution is 0.315. The molecule has 0 bridgehead atoms. The van der Waals surface area contributed by atoms with Crippen LogP contribution in [0.25, 0.3) is 10.6 Å². The van der Waals surface area contributed by atoms with E-state index in [1.165, 1.54) is 5.56 Å². The summed E-state index contributed by atoms with van der Waals surface area (Å²) in [4.78, 5) is 7.05. The molecule has 0 radical (unpaired) electrons. The van der Waals surface area contributed by atoms with Gasteiger partial charge in [-0.3, -0.25) is 4.90 Å². The first-order chi connectivity index (χ1) is 13.6. The van der Waals surface area contributed by atoms with E-state index in [0.717, 1.165) is 35.1 Å². The molecule has 0 aliphatic heterocycles. The van der Waals surface area contributed by atoms with Gasteiger partial charge in [0, 0.05) is 18.5 Å². The van der Waals surface area contributed by atoms with Gasteiger partial charge in [-0.2, -0.15) is 0 Å². The minimum atomic E-state index is 0.684. The van der Waals surface area contributed by atoms with Crippen molar-refractivity contribution in [2.45, 2.75) is 20.0 Å². The van der Waals surface area contributed by atoms with Crippen molar-refractivity contribution in [2.24, 2.45) is 0 Å². The summed E-state index contributed by atoms with van der Waals surface area (Å²) in [6.07, 6.45) is 0. The second-order valence-electron chi connectivity index (χ2n) is 6.43. The highest BCUT2D eigenvalue weighted by Gasteiger charge is 2.15. The van der Waals surface area contributed by atoms with Crippen LogP contribution in [-0.2, 0) is 13.1 Å². The summed E-state index contributed by atoms with van der Waals surface area (Å²) in [6, 6.07) is 14.1. The van der Waals surface area contributed by atoms with Crippen LogP contribution in [0, 0.1) is 0 Å². The van der Waals surface area contributed by atoms with Gasteiger partial charge >= 0.3 is 0 Å². The molecule has 3 aromatic rings. The molecule has 28 heavy (non-hydrogen) atoms. The van der Waals surface area contributed by atoms with Crippen LogP contribution in [0.15, 0.2) is 47.8 Å². The molecule has 0 aliphatic carbocycles. The van der Waals surface area contributed by atoms with Gasteiger partial charge in [0.05, 0.1) is 32.1 Å². The number of para-hydroxylation sites is 1. The Kier molecular flexibility index (Phi) is 6.90. The molecule has 0 atom stereocenters. The molecule has 0 spiro atoms. The number of nitrogens with zero attached hydrogens (tertiary/aromatic N) is 2. The number of rotatable bonds is 9. The molecule has 0 aliphatic rings. The molecule has 0 fully saturated rings. The zero-order valence-electron chi connectivity index (χ0n) is 16.8. The fraction of sp³-hybridized carbons (Fsp3) is 0.318. The van der Waals surface area contributed by atoms with E-state index in [0.29, 0.717) is 18.1 Å². The average molecular weight is 399 g/mol. The number of methoxy groups -OCH3 is 2.